The number of hydrogen-bond donors (Lipinski definition) is 1. The minimum atomic E-state index is -0.521. The average Bonchev–Trinajstić information content (AvgIpc) is 3.43. The smallest absolute Gasteiger partial charge is 0.250 e. The second-order valence-corrected chi connectivity index (χ2v) is 8.31. The van der Waals surface area contributed by atoms with E-state index in [1.54, 1.807) is 41.4 Å². The second-order valence-electron chi connectivity index (χ2n) is 7.91. The van der Waals surface area contributed by atoms with Gasteiger partial charge in [0.1, 0.15) is 0 Å². The number of halogens is 1. The van der Waals surface area contributed by atoms with Crippen LogP contribution in [-0.4, -0.2) is 29.7 Å². The van der Waals surface area contributed by atoms with Crippen molar-refractivity contribution >= 4 is 34.8 Å². The minimum absolute atomic E-state index is 0.0968. The Morgan fingerprint density at radius 2 is 1.88 bits per heavy atom. The summed E-state index contributed by atoms with van der Waals surface area (Å²) in [5.41, 5.74) is 1.72. The summed E-state index contributed by atoms with van der Waals surface area (Å²) >= 11 is 6.21. The molecule has 0 bridgehead atoms. The van der Waals surface area contributed by atoms with Crippen molar-refractivity contribution in [1.29, 1.82) is 0 Å². The molecule has 5 rings (SSSR count). The maximum Gasteiger partial charge on any atom is 0.250 e. The Labute approximate surface area is 194 Å². The Kier molecular flexibility index (Phi) is 5.51. The van der Waals surface area contributed by atoms with Crippen molar-refractivity contribution in [3.05, 3.63) is 81.7 Å². The Bertz CT molecular complexity index is 1310. The average molecular weight is 466 g/mol. The molecule has 33 heavy (non-hydrogen) atoms. The van der Waals surface area contributed by atoms with Crippen molar-refractivity contribution in [1.82, 2.24) is 4.57 Å². The first kappa shape index (κ1) is 21.1. The zero-order valence-corrected chi connectivity index (χ0v) is 18.2. The number of amides is 2. The van der Waals surface area contributed by atoms with Gasteiger partial charge < -0.3 is 24.3 Å². The van der Waals surface area contributed by atoms with Crippen LogP contribution in [0.15, 0.2) is 65.6 Å². The summed E-state index contributed by atoms with van der Waals surface area (Å²) in [6, 6.07) is 15.5. The van der Waals surface area contributed by atoms with Gasteiger partial charge in [0.05, 0.1) is 18.2 Å². The number of nitrogens with zero attached hydrogens (tertiary/aromatic N) is 2. The number of aromatic nitrogens is 1. The molecule has 0 aliphatic carbocycles. The van der Waals surface area contributed by atoms with Gasteiger partial charge in [0.25, 0.3) is 5.56 Å². The summed E-state index contributed by atoms with van der Waals surface area (Å²) < 4.78 is 12.2. The number of fused-ring (bicyclic) bond motifs is 1. The molecule has 0 spiro atoms. The predicted octanol–water partition coefficient (Wildman–Crippen LogP) is 3.27. The maximum atomic E-state index is 12.9. The Balaban J connectivity index is 1.28. The molecular weight excluding hydrogens is 446 g/mol. The van der Waals surface area contributed by atoms with Crippen LogP contribution < -0.4 is 25.2 Å². The molecule has 2 aromatic carbocycles. The number of carbonyl (C=O) groups excluding carboxylic acids is 2. The quantitative estimate of drug-likeness (QED) is 0.624. The number of hydrogen-bond acceptors (Lipinski definition) is 5. The fourth-order valence-corrected chi connectivity index (χ4v) is 4.16. The highest BCUT2D eigenvalue weighted by Crippen LogP contribution is 2.37. The molecule has 2 aliphatic rings. The zero-order valence-electron chi connectivity index (χ0n) is 17.5. The molecule has 1 atom stereocenters. The van der Waals surface area contributed by atoms with Crippen LogP contribution in [0.2, 0.25) is 5.02 Å². The van der Waals surface area contributed by atoms with E-state index in [1.165, 1.54) is 10.6 Å². The molecule has 1 unspecified atom stereocenters. The van der Waals surface area contributed by atoms with E-state index in [9.17, 15) is 14.4 Å². The SMILES string of the molecule is O=C(Nc1ccc(=O)n(Cc2ccccc2Cl)c1)C1CC(=O)N(c2ccc3c(c2)OCO3)C1. The summed E-state index contributed by atoms with van der Waals surface area (Å²) in [7, 11) is 0. The predicted molar refractivity (Wildman–Crippen MR) is 123 cm³/mol. The fourth-order valence-electron chi connectivity index (χ4n) is 3.97. The minimum Gasteiger partial charge on any atom is -0.454 e. The normalized spacial score (nSPS) is 16.8. The Morgan fingerprint density at radius 3 is 2.73 bits per heavy atom. The van der Waals surface area contributed by atoms with Crippen LogP contribution in [0.25, 0.3) is 0 Å². The van der Waals surface area contributed by atoms with Gasteiger partial charge >= 0.3 is 0 Å². The third-order valence-electron chi connectivity index (χ3n) is 5.71. The number of ether oxygens (including phenoxy) is 2. The largest absolute Gasteiger partial charge is 0.454 e. The summed E-state index contributed by atoms with van der Waals surface area (Å²) in [6.07, 6.45) is 1.68. The van der Waals surface area contributed by atoms with Gasteiger partial charge in [0.2, 0.25) is 18.6 Å². The molecule has 1 saturated heterocycles. The highest BCUT2D eigenvalue weighted by Gasteiger charge is 2.35. The van der Waals surface area contributed by atoms with Crippen LogP contribution in [0.1, 0.15) is 12.0 Å². The molecule has 8 nitrogen and oxygen atoms in total. The highest BCUT2D eigenvalue weighted by atomic mass is 35.5. The van der Waals surface area contributed by atoms with Crippen LogP contribution in [0, 0.1) is 5.92 Å². The third-order valence-corrected chi connectivity index (χ3v) is 6.08. The highest BCUT2D eigenvalue weighted by molar-refractivity contribution is 6.31. The number of rotatable bonds is 5. The number of nitrogens with one attached hydrogen (secondary N) is 1. The van der Waals surface area contributed by atoms with Crippen LogP contribution in [0.4, 0.5) is 11.4 Å². The van der Waals surface area contributed by atoms with E-state index in [4.69, 9.17) is 21.1 Å². The molecule has 1 fully saturated rings. The van der Waals surface area contributed by atoms with Gasteiger partial charge in [-0.25, -0.2) is 0 Å². The van der Waals surface area contributed by atoms with Crippen molar-refractivity contribution < 1.29 is 19.1 Å². The molecule has 0 saturated carbocycles. The molecule has 3 heterocycles. The molecular formula is C24H20ClN3O5. The molecule has 2 aliphatic heterocycles. The lowest BCUT2D eigenvalue weighted by Gasteiger charge is -2.17. The topological polar surface area (TPSA) is 89.9 Å². The van der Waals surface area contributed by atoms with Gasteiger partial charge in [-0.3, -0.25) is 14.4 Å². The van der Waals surface area contributed by atoms with Gasteiger partial charge in [-0.1, -0.05) is 29.8 Å². The van der Waals surface area contributed by atoms with Gasteiger partial charge in [-0.2, -0.15) is 0 Å². The number of anilines is 2. The van der Waals surface area contributed by atoms with E-state index >= 15 is 0 Å². The Morgan fingerprint density at radius 1 is 1.06 bits per heavy atom. The van der Waals surface area contributed by atoms with E-state index in [-0.39, 0.29) is 43.7 Å². The molecule has 9 heteroatoms. The van der Waals surface area contributed by atoms with Gasteiger partial charge in [-0.15, -0.1) is 0 Å². The molecule has 2 amide bonds. The molecule has 1 aromatic heterocycles. The van der Waals surface area contributed by atoms with Crippen LogP contribution in [0.5, 0.6) is 11.5 Å². The van der Waals surface area contributed by atoms with Crippen molar-refractivity contribution in [2.45, 2.75) is 13.0 Å². The second kappa shape index (κ2) is 8.63. The van der Waals surface area contributed by atoms with E-state index < -0.39 is 5.92 Å². The summed E-state index contributed by atoms with van der Waals surface area (Å²) in [5, 5.41) is 3.39. The van der Waals surface area contributed by atoms with Crippen molar-refractivity contribution in [2.24, 2.45) is 5.92 Å². The summed E-state index contributed by atoms with van der Waals surface area (Å²) in [5.74, 6) is 0.264. The van der Waals surface area contributed by atoms with E-state index in [0.717, 1.165) is 5.56 Å². The Hall–Kier alpha value is -3.78. The van der Waals surface area contributed by atoms with Crippen molar-refractivity contribution in [2.75, 3.05) is 23.6 Å². The molecule has 168 valence electrons. The molecule has 3 aromatic rings. The fraction of sp³-hybridized carbons (Fsp3) is 0.208. The third kappa shape index (κ3) is 4.29. The first-order valence-corrected chi connectivity index (χ1v) is 10.8. The van der Waals surface area contributed by atoms with Gasteiger partial charge in [0.15, 0.2) is 11.5 Å². The number of carbonyl (C=O) groups is 2. The van der Waals surface area contributed by atoms with Crippen molar-refractivity contribution in [3.8, 4) is 11.5 Å². The van der Waals surface area contributed by atoms with Gasteiger partial charge in [-0.05, 0) is 29.8 Å². The first-order valence-electron chi connectivity index (χ1n) is 10.4. The van der Waals surface area contributed by atoms with E-state index in [0.29, 0.717) is 27.9 Å². The summed E-state index contributed by atoms with van der Waals surface area (Å²) in [4.78, 5) is 39.3. The van der Waals surface area contributed by atoms with E-state index in [2.05, 4.69) is 5.32 Å². The number of pyridine rings is 1. The molecule has 0 radical (unpaired) electrons. The monoisotopic (exact) mass is 465 g/mol. The maximum absolute atomic E-state index is 12.9. The van der Waals surface area contributed by atoms with Gasteiger partial charge in [0, 0.05) is 42.0 Å². The van der Waals surface area contributed by atoms with E-state index in [1.807, 2.05) is 18.2 Å². The lowest BCUT2D eigenvalue weighted by atomic mass is 10.1. The number of benzene rings is 2. The molecule has 1 N–H and O–H groups in total. The van der Waals surface area contributed by atoms with Crippen molar-refractivity contribution in [3.63, 3.8) is 0 Å². The zero-order chi connectivity index (χ0) is 22.9. The van der Waals surface area contributed by atoms with Crippen LogP contribution in [0.3, 0.4) is 0 Å². The van der Waals surface area contributed by atoms with Crippen LogP contribution in [-0.2, 0) is 16.1 Å². The first-order chi connectivity index (χ1) is 16.0. The van der Waals surface area contributed by atoms with Crippen LogP contribution >= 0.6 is 11.6 Å². The lowest BCUT2D eigenvalue weighted by molar-refractivity contribution is -0.122. The standard InChI is InChI=1S/C24H20ClN3O5/c25-19-4-2-1-3-15(19)11-27-13-17(5-8-22(27)29)26-24(31)16-9-23(30)28(12-16)18-6-7-20-21(10-18)33-14-32-20/h1-8,10,13,16H,9,11-12,14H2,(H,26,31). The summed E-state index contributed by atoms with van der Waals surface area (Å²) in [6.45, 7) is 0.683. The lowest BCUT2D eigenvalue weighted by Crippen LogP contribution is -2.28.